The Morgan fingerprint density at radius 1 is 0.950 bits per heavy atom. The number of methoxy groups -OCH3 is 3. The first-order valence-electron chi connectivity index (χ1n) is 21.3. The van der Waals surface area contributed by atoms with Crippen molar-refractivity contribution in [2.24, 2.45) is 16.3 Å². The van der Waals surface area contributed by atoms with E-state index < -0.39 is 63.5 Å². The van der Waals surface area contributed by atoms with E-state index in [2.05, 4.69) is 9.80 Å². The number of para-hydroxylation sites is 1. The van der Waals surface area contributed by atoms with Gasteiger partial charge in [0.2, 0.25) is 12.0 Å². The van der Waals surface area contributed by atoms with Crippen molar-refractivity contribution in [1.82, 2.24) is 9.80 Å². The first-order chi connectivity index (χ1) is 28.8. The second kappa shape index (κ2) is 15.4. The zero-order chi connectivity index (χ0) is 42.8. The number of rotatable bonds is 9. The molecule has 1 unspecified atom stereocenters. The minimum Gasteiger partial charge on any atom is -0.496 e. The van der Waals surface area contributed by atoms with Crippen molar-refractivity contribution in [1.29, 1.82) is 0 Å². The Morgan fingerprint density at radius 2 is 1.70 bits per heavy atom. The molecular formula is C46H58N4O10. The third kappa shape index (κ3) is 5.91. The van der Waals surface area contributed by atoms with Crippen molar-refractivity contribution < 1.29 is 48.3 Å². The molecule has 2 bridgehead atoms. The molecule has 10 atom stereocenters. The van der Waals surface area contributed by atoms with Gasteiger partial charge in [0, 0.05) is 60.8 Å². The van der Waals surface area contributed by atoms with Crippen LogP contribution in [0.4, 0.5) is 11.4 Å². The molecule has 4 fully saturated rings. The minimum atomic E-state index is -2.54. The number of esters is 3. The molecule has 322 valence electrons. The average Bonchev–Trinajstić information content (AvgIpc) is 3.79. The molecule has 2 aromatic carbocycles. The summed E-state index contributed by atoms with van der Waals surface area (Å²) in [5.41, 5.74) is -4.50. The van der Waals surface area contributed by atoms with Crippen LogP contribution in [0.3, 0.4) is 0 Å². The summed E-state index contributed by atoms with van der Waals surface area (Å²) >= 11 is 0. The topological polar surface area (TPSA) is 168 Å². The molecule has 1 amide bonds. The van der Waals surface area contributed by atoms with Crippen molar-refractivity contribution in [3.05, 3.63) is 65.7 Å². The molecule has 5 aliphatic heterocycles. The first kappa shape index (κ1) is 42.1. The number of anilines is 1. The number of carbonyl (C=O) groups is 4. The molecule has 1 aliphatic carbocycles. The van der Waals surface area contributed by atoms with Crippen LogP contribution in [0.1, 0.15) is 76.8 Å². The van der Waals surface area contributed by atoms with Crippen LogP contribution in [-0.2, 0) is 44.2 Å². The Bertz CT molecular complexity index is 2110. The number of ether oxygens (including phenoxy) is 4. The number of aliphatic hydroxyl groups is 2. The maximum atomic E-state index is 15.2. The monoisotopic (exact) mass is 826 g/mol. The molecule has 8 rings (SSSR count). The van der Waals surface area contributed by atoms with Crippen LogP contribution >= 0.6 is 0 Å². The van der Waals surface area contributed by atoms with Gasteiger partial charge >= 0.3 is 17.9 Å². The number of amides is 1. The molecular weight excluding hydrogens is 769 g/mol. The van der Waals surface area contributed by atoms with Gasteiger partial charge in [-0.1, -0.05) is 44.2 Å². The van der Waals surface area contributed by atoms with E-state index in [4.69, 9.17) is 23.9 Å². The summed E-state index contributed by atoms with van der Waals surface area (Å²) in [6.07, 6.45) is 6.25. The maximum Gasteiger partial charge on any atom is 0.344 e. The lowest BCUT2D eigenvalue weighted by atomic mass is 9.47. The Hall–Kier alpha value is -4.63. The number of fused-ring (bicyclic) bond motifs is 3. The van der Waals surface area contributed by atoms with Gasteiger partial charge in [0.05, 0.1) is 44.3 Å². The van der Waals surface area contributed by atoms with Gasteiger partial charge in [-0.05, 0) is 87.7 Å². The lowest BCUT2D eigenvalue weighted by Gasteiger charge is -2.63. The number of nitrogens with zero attached hydrogens (tertiary/aromatic N) is 4. The highest BCUT2D eigenvalue weighted by Gasteiger charge is 2.81. The van der Waals surface area contributed by atoms with Crippen molar-refractivity contribution in [2.45, 2.75) is 106 Å². The first-order valence-corrected chi connectivity index (χ1v) is 21.3. The standard InChI is InChI=1S/C46H58N4O10/c1-7-42(55)24-30-25-45(40(53)58-5,36(16-12-19-48(26-30)27-42)47-31-14-10-9-11-15-31)33-22-32-34(23-35(33)57-4)50(28-51)38-44(32)18-21-49-20-13-17-43(8-2,37(44)49)39(60-29(3)52)46(38,56)41(54)59-6/h9-11,13-15,17,22-23,28,30,37-39,55-56H,7-8,12,16,18-21,24-27H2,1-6H3/t30-,37+,38-,39-,42+,43-,44-,45+,46+/m1/s1. The third-order valence-electron chi connectivity index (χ3n) is 15.0. The fraction of sp³-hybridized carbons (Fsp3) is 0.587. The van der Waals surface area contributed by atoms with Crippen LogP contribution in [0, 0.1) is 11.3 Å². The molecule has 14 heteroatoms. The summed E-state index contributed by atoms with van der Waals surface area (Å²) in [6, 6.07) is 11.4. The van der Waals surface area contributed by atoms with E-state index in [0.29, 0.717) is 106 Å². The molecule has 1 spiro atoms. The number of aliphatic imine (C=N–C) groups is 1. The van der Waals surface area contributed by atoms with Gasteiger partial charge in [0.25, 0.3) is 0 Å². The molecule has 6 aliphatic rings. The SMILES string of the molecule is CC[C@]1(O)C[C@H]2CN(CCCC(=Nc3ccccc3)[C@@](C(=O)OC)(c3cc4c(cc3OC)N(C=O)[C@H]3[C@@](O)(C(=O)OC)[C@H](OC(C)=O)[C@]5(CC)C=CCN6CC[C@]43[C@@H]65)C2)C1. The zero-order valence-corrected chi connectivity index (χ0v) is 35.5. The highest BCUT2D eigenvalue weighted by Crippen LogP contribution is 2.68. The molecule has 14 nitrogen and oxygen atoms in total. The van der Waals surface area contributed by atoms with E-state index in [1.165, 1.54) is 33.2 Å². The summed E-state index contributed by atoms with van der Waals surface area (Å²) in [7, 11) is 4.06. The van der Waals surface area contributed by atoms with E-state index in [1.54, 1.807) is 6.07 Å². The molecule has 3 saturated heterocycles. The summed E-state index contributed by atoms with van der Waals surface area (Å²) in [4.78, 5) is 67.5. The normalized spacial score (nSPS) is 37.4. The highest BCUT2D eigenvalue weighted by atomic mass is 16.6. The molecule has 0 aromatic heterocycles. The summed E-state index contributed by atoms with van der Waals surface area (Å²) in [5.74, 6) is -2.13. The lowest BCUT2D eigenvalue weighted by molar-refractivity contribution is -0.228. The van der Waals surface area contributed by atoms with E-state index in [-0.39, 0.29) is 18.1 Å². The fourth-order valence-corrected chi connectivity index (χ4v) is 12.8. The lowest BCUT2D eigenvalue weighted by Crippen LogP contribution is -2.81. The predicted molar refractivity (Wildman–Crippen MR) is 222 cm³/mol. The third-order valence-corrected chi connectivity index (χ3v) is 15.0. The molecule has 2 N–H and O–H groups in total. The molecule has 5 heterocycles. The van der Waals surface area contributed by atoms with Crippen molar-refractivity contribution in [2.75, 3.05) is 59.0 Å². The maximum absolute atomic E-state index is 15.2. The van der Waals surface area contributed by atoms with Crippen molar-refractivity contribution in [3.8, 4) is 5.75 Å². The van der Waals surface area contributed by atoms with Crippen LogP contribution in [0.2, 0.25) is 0 Å². The summed E-state index contributed by atoms with van der Waals surface area (Å²) in [5, 5.41) is 25.2. The smallest absolute Gasteiger partial charge is 0.344 e. The number of benzene rings is 2. The average molecular weight is 827 g/mol. The number of hydrogen-bond acceptors (Lipinski definition) is 13. The molecule has 2 aromatic rings. The van der Waals surface area contributed by atoms with Gasteiger partial charge in [0.15, 0.2) is 6.10 Å². The zero-order valence-electron chi connectivity index (χ0n) is 35.5. The number of hydrogen-bond donors (Lipinski definition) is 2. The van der Waals surface area contributed by atoms with Crippen LogP contribution in [-0.4, -0.2) is 133 Å². The van der Waals surface area contributed by atoms with Gasteiger partial charge < -0.3 is 39.0 Å². The number of piperidine rings is 1. The Balaban J connectivity index is 1.46. The second-order valence-corrected chi connectivity index (χ2v) is 17.8. The Labute approximate surface area is 351 Å². The molecule has 0 radical (unpaired) electrons. The second-order valence-electron chi connectivity index (χ2n) is 17.8. The van der Waals surface area contributed by atoms with E-state index in [0.717, 1.165) is 0 Å². The minimum absolute atomic E-state index is 0.168. The number of carbonyl (C=O) groups excluding carboxylic acids is 4. The van der Waals surface area contributed by atoms with Crippen LogP contribution in [0.25, 0.3) is 0 Å². The van der Waals surface area contributed by atoms with Gasteiger partial charge in [-0.3, -0.25) is 24.3 Å². The molecule has 60 heavy (non-hydrogen) atoms. The summed E-state index contributed by atoms with van der Waals surface area (Å²) < 4.78 is 23.6. The molecule has 1 saturated carbocycles. The van der Waals surface area contributed by atoms with Gasteiger partial charge in [0.1, 0.15) is 11.2 Å². The van der Waals surface area contributed by atoms with E-state index in [9.17, 15) is 24.6 Å². The van der Waals surface area contributed by atoms with E-state index in [1.807, 2.05) is 62.4 Å². The van der Waals surface area contributed by atoms with Crippen LogP contribution < -0.4 is 9.64 Å². The Kier molecular flexibility index (Phi) is 10.8. The predicted octanol–water partition coefficient (Wildman–Crippen LogP) is 4.00. The largest absolute Gasteiger partial charge is 0.496 e. The van der Waals surface area contributed by atoms with Crippen LogP contribution in [0.5, 0.6) is 5.75 Å². The van der Waals surface area contributed by atoms with Gasteiger partial charge in [-0.15, -0.1) is 0 Å². The Morgan fingerprint density at radius 3 is 2.35 bits per heavy atom. The van der Waals surface area contributed by atoms with Gasteiger partial charge in [-0.2, -0.15) is 0 Å². The van der Waals surface area contributed by atoms with Crippen molar-refractivity contribution >= 4 is 41.4 Å². The fourth-order valence-electron chi connectivity index (χ4n) is 12.8. The quantitative estimate of drug-likeness (QED) is 0.162. The van der Waals surface area contributed by atoms with E-state index >= 15 is 4.79 Å². The highest BCUT2D eigenvalue weighted by molar-refractivity contribution is 6.14. The van der Waals surface area contributed by atoms with Crippen molar-refractivity contribution in [3.63, 3.8) is 0 Å². The summed E-state index contributed by atoms with van der Waals surface area (Å²) in [6.45, 7) is 8.17. The van der Waals surface area contributed by atoms with Gasteiger partial charge in [-0.25, -0.2) is 4.79 Å². The van der Waals surface area contributed by atoms with Crippen LogP contribution in [0.15, 0.2) is 59.6 Å².